The highest BCUT2D eigenvalue weighted by Gasteiger charge is 2.16. The van der Waals surface area contributed by atoms with Gasteiger partial charge in [-0.1, -0.05) is 30.3 Å². The average Bonchev–Trinajstić information content (AvgIpc) is 2.93. The van der Waals surface area contributed by atoms with Gasteiger partial charge in [0.25, 0.3) is 0 Å². The summed E-state index contributed by atoms with van der Waals surface area (Å²) in [6.45, 7) is 3.37. The van der Waals surface area contributed by atoms with Gasteiger partial charge in [0, 0.05) is 13.6 Å². The van der Waals surface area contributed by atoms with Crippen LogP contribution < -0.4 is 10.4 Å². The van der Waals surface area contributed by atoms with Crippen LogP contribution in [-0.2, 0) is 17.9 Å². The number of carbonyl (C=O) groups excluding carboxylic acids is 1. The summed E-state index contributed by atoms with van der Waals surface area (Å²) in [4.78, 5) is 26.7. The Bertz CT molecular complexity index is 944. The number of aryl methyl sites for hydroxylation is 1. The molecule has 0 aliphatic rings. The van der Waals surface area contributed by atoms with Crippen LogP contribution in [-0.4, -0.2) is 40.1 Å². The molecule has 26 heavy (non-hydrogen) atoms. The smallest absolute Gasteiger partial charge is 0.329 e. The monoisotopic (exact) mass is 353 g/mol. The van der Waals surface area contributed by atoms with Crippen LogP contribution in [0.25, 0.3) is 11.0 Å². The van der Waals surface area contributed by atoms with Crippen LogP contribution in [0.2, 0.25) is 0 Å². The predicted molar refractivity (Wildman–Crippen MR) is 101 cm³/mol. The molecule has 0 N–H and O–H groups in total. The van der Waals surface area contributed by atoms with Crippen molar-refractivity contribution in [1.82, 2.24) is 14.0 Å². The number of para-hydroxylation sites is 3. The van der Waals surface area contributed by atoms with E-state index in [1.807, 2.05) is 61.5 Å². The molecule has 6 nitrogen and oxygen atoms in total. The predicted octanol–water partition coefficient (Wildman–Crippen LogP) is 2.36. The quantitative estimate of drug-likeness (QED) is 0.655. The topological polar surface area (TPSA) is 56.5 Å². The van der Waals surface area contributed by atoms with E-state index in [0.717, 1.165) is 16.8 Å². The lowest BCUT2D eigenvalue weighted by molar-refractivity contribution is -0.130. The Hall–Kier alpha value is -3.02. The number of fused-ring (bicyclic) bond motifs is 1. The molecule has 1 amide bonds. The van der Waals surface area contributed by atoms with E-state index >= 15 is 0 Å². The van der Waals surface area contributed by atoms with Gasteiger partial charge in [-0.15, -0.1) is 0 Å². The van der Waals surface area contributed by atoms with Crippen molar-refractivity contribution in [1.29, 1.82) is 0 Å². The fraction of sp³-hybridized carbons (Fsp3) is 0.300. The first-order chi connectivity index (χ1) is 12.6. The van der Waals surface area contributed by atoms with Gasteiger partial charge in [-0.05, 0) is 31.2 Å². The minimum Gasteiger partial charge on any atom is -0.492 e. The van der Waals surface area contributed by atoms with E-state index in [9.17, 15) is 9.59 Å². The molecule has 1 heterocycles. The zero-order valence-corrected chi connectivity index (χ0v) is 15.1. The van der Waals surface area contributed by atoms with Gasteiger partial charge in [-0.3, -0.25) is 13.9 Å². The van der Waals surface area contributed by atoms with Crippen molar-refractivity contribution in [2.45, 2.75) is 20.0 Å². The zero-order chi connectivity index (χ0) is 18.5. The standard InChI is InChI=1S/C20H23N3O3/c1-3-22-17-11-7-8-12-18(17)23(20(22)25)15-19(24)21(2)13-14-26-16-9-5-4-6-10-16/h4-12H,3,13-15H2,1-2H3. The highest BCUT2D eigenvalue weighted by Crippen LogP contribution is 2.13. The molecule has 0 unspecified atom stereocenters. The Kier molecular flexibility index (Phi) is 5.41. The summed E-state index contributed by atoms with van der Waals surface area (Å²) < 4.78 is 8.85. The number of carbonyl (C=O) groups is 1. The number of nitrogens with zero attached hydrogens (tertiary/aromatic N) is 3. The summed E-state index contributed by atoms with van der Waals surface area (Å²) >= 11 is 0. The molecular formula is C20H23N3O3. The molecular weight excluding hydrogens is 330 g/mol. The third kappa shape index (κ3) is 3.64. The number of benzene rings is 2. The van der Waals surface area contributed by atoms with E-state index in [1.165, 1.54) is 4.57 Å². The molecule has 0 aliphatic carbocycles. The van der Waals surface area contributed by atoms with Crippen LogP contribution in [0.3, 0.4) is 0 Å². The van der Waals surface area contributed by atoms with E-state index in [4.69, 9.17) is 4.74 Å². The number of amides is 1. The molecule has 0 aliphatic heterocycles. The first kappa shape index (κ1) is 17.8. The first-order valence-corrected chi connectivity index (χ1v) is 8.71. The number of aromatic nitrogens is 2. The summed E-state index contributed by atoms with van der Waals surface area (Å²) in [5.41, 5.74) is 1.47. The Morgan fingerprint density at radius 1 is 1.00 bits per heavy atom. The zero-order valence-electron chi connectivity index (χ0n) is 15.1. The minimum absolute atomic E-state index is 0.0220. The normalized spacial score (nSPS) is 10.8. The van der Waals surface area contributed by atoms with Gasteiger partial charge < -0.3 is 9.64 Å². The summed E-state index contributed by atoms with van der Waals surface area (Å²) in [5.74, 6) is 0.651. The summed E-state index contributed by atoms with van der Waals surface area (Å²) in [6.07, 6.45) is 0. The van der Waals surface area contributed by atoms with Crippen LogP contribution in [0.1, 0.15) is 6.92 Å². The van der Waals surface area contributed by atoms with Gasteiger partial charge in [-0.2, -0.15) is 0 Å². The van der Waals surface area contributed by atoms with Gasteiger partial charge in [0.05, 0.1) is 17.6 Å². The molecule has 0 bridgehead atoms. The third-order valence-electron chi connectivity index (χ3n) is 4.40. The van der Waals surface area contributed by atoms with E-state index in [2.05, 4.69) is 0 Å². The summed E-state index contributed by atoms with van der Waals surface area (Å²) in [5, 5.41) is 0. The Balaban J connectivity index is 1.67. The van der Waals surface area contributed by atoms with Gasteiger partial charge in [0.2, 0.25) is 5.91 Å². The van der Waals surface area contributed by atoms with E-state index in [-0.39, 0.29) is 18.1 Å². The molecule has 136 valence electrons. The number of rotatable bonds is 7. The maximum atomic E-state index is 12.6. The Labute approximate surface area is 152 Å². The van der Waals surface area contributed by atoms with Crippen molar-refractivity contribution >= 4 is 16.9 Å². The summed E-state index contributed by atoms with van der Waals surface area (Å²) in [7, 11) is 1.72. The number of hydrogen-bond donors (Lipinski definition) is 0. The fourth-order valence-electron chi connectivity index (χ4n) is 2.93. The van der Waals surface area contributed by atoms with E-state index in [1.54, 1.807) is 16.5 Å². The summed E-state index contributed by atoms with van der Waals surface area (Å²) in [6, 6.07) is 17.0. The second-order valence-electron chi connectivity index (χ2n) is 6.08. The third-order valence-corrected chi connectivity index (χ3v) is 4.40. The van der Waals surface area contributed by atoms with Gasteiger partial charge in [0.1, 0.15) is 18.9 Å². The molecule has 0 saturated carbocycles. The van der Waals surface area contributed by atoms with E-state index < -0.39 is 0 Å². The number of likely N-dealkylation sites (N-methyl/N-ethyl adjacent to an activating group) is 1. The van der Waals surface area contributed by atoms with Crippen LogP contribution in [0.4, 0.5) is 0 Å². The SMILES string of the molecule is CCn1c(=O)n(CC(=O)N(C)CCOc2ccccc2)c2ccccc21. The molecule has 0 fully saturated rings. The Morgan fingerprint density at radius 2 is 1.62 bits per heavy atom. The van der Waals surface area contributed by atoms with Crippen LogP contribution in [0, 0.1) is 0 Å². The van der Waals surface area contributed by atoms with Crippen molar-refractivity contribution in [3.63, 3.8) is 0 Å². The van der Waals surface area contributed by atoms with Crippen LogP contribution >= 0.6 is 0 Å². The lowest BCUT2D eigenvalue weighted by Crippen LogP contribution is -2.36. The molecule has 3 rings (SSSR count). The molecule has 3 aromatic rings. The number of ether oxygens (including phenoxy) is 1. The van der Waals surface area contributed by atoms with Gasteiger partial charge in [0.15, 0.2) is 0 Å². The molecule has 0 atom stereocenters. The molecule has 0 radical (unpaired) electrons. The van der Waals surface area contributed by atoms with Crippen molar-refractivity contribution in [3.05, 3.63) is 65.1 Å². The maximum absolute atomic E-state index is 12.6. The largest absolute Gasteiger partial charge is 0.492 e. The highest BCUT2D eigenvalue weighted by molar-refractivity contribution is 5.80. The van der Waals surface area contributed by atoms with Crippen molar-refractivity contribution in [2.24, 2.45) is 0 Å². The number of hydrogen-bond acceptors (Lipinski definition) is 3. The molecule has 0 saturated heterocycles. The van der Waals surface area contributed by atoms with Gasteiger partial charge >= 0.3 is 5.69 Å². The lowest BCUT2D eigenvalue weighted by atomic mass is 10.3. The number of imidazole rings is 1. The molecule has 0 spiro atoms. The van der Waals surface area contributed by atoms with Crippen molar-refractivity contribution < 1.29 is 9.53 Å². The first-order valence-electron chi connectivity index (χ1n) is 8.71. The van der Waals surface area contributed by atoms with Crippen molar-refractivity contribution in [2.75, 3.05) is 20.2 Å². The lowest BCUT2D eigenvalue weighted by Gasteiger charge is -2.17. The van der Waals surface area contributed by atoms with Crippen molar-refractivity contribution in [3.8, 4) is 5.75 Å². The van der Waals surface area contributed by atoms with Crippen LogP contribution in [0.15, 0.2) is 59.4 Å². The molecule has 2 aromatic carbocycles. The van der Waals surface area contributed by atoms with Gasteiger partial charge in [-0.25, -0.2) is 4.79 Å². The highest BCUT2D eigenvalue weighted by atomic mass is 16.5. The average molecular weight is 353 g/mol. The second kappa shape index (κ2) is 7.91. The van der Waals surface area contributed by atoms with E-state index in [0.29, 0.717) is 19.7 Å². The fourth-order valence-corrected chi connectivity index (χ4v) is 2.93. The molecule has 1 aromatic heterocycles. The Morgan fingerprint density at radius 3 is 2.27 bits per heavy atom. The minimum atomic E-state index is -0.156. The molecule has 6 heteroatoms. The van der Waals surface area contributed by atoms with Crippen LogP contribution in [0.5, 0.6) is 5.75 Å². The second-order valence-corrected chi connectivity index (χ2v) is 6.08. The maximum Gasteiger partial charge on any atom is 0.329 e.